The second kappa shape index (κ2) is 13.6. The number of alkyl halides is 3. The summed E-state index contributed by atoms with van der Waals surface area (Å²) in [6.45, 7) is 6.38. The van der Waals surface area contributed by atoms with Crippen molar-refractivity contribution in [1.82, 2.24) is 5.32 Å². The van der Waals surface area contributed by atoms with E-state index in [0.29, 0.717) is 12.3 Å². The number of carbonyl (C=O) groups excluding carboxylic acids is 2. The first-order chi connectivity index (χ1) is 19.4. The summed E-state index contributed by atoms with van der Waals surface area (Å²) in [5, 5.41) is 4.94. The predicted molar refractivity (Wildman–Crippen MR) is 154 cm³/mol. The van der Waals surface area contributed by atoms with E-state index in [0.717, 1.165) is 37.3 Å². The maximum atomic E-state index is 13.6. The molecule has 0 aromatic heterocycles. The summed E-state index contributed by atoms with van der Waals surface area (Å²) < 4.78 is 72.3. The van der Waals surface area contributed by atoms with E-state index in [9.17, 15) is 31.2 Å². The molecule has 0 aliphatic heterocycles. The number of anilines is 1. The SMILES string of the molecule is CC(C)(C)[C@H]1CC[C@H](C(Cc2ccc(C(=O)NCCS(=O)(=O)O)cc2)C(=O)Nc2ccc(OC(F)(F)F)c(Cl)c2)CC1. The number of rotatable bonds is 10. The standard InChI is InChI=1S/C29H36ClF3N2O6S/c1-28(2,3)21-10-8-19(9-11-21)23(27(37)35-22-12-13-25(24(30)17-22)41-29(31,32)33)16-18-4-6-20(7-5-18)26(36)34-14-15-42(38,39)40/h4-7,12-13,17,19,21,23H,8-11,14-16H2,1-3H3,(H,34,36)(H,35,37)(H,38,39,40)/t19-,21-,23?. The summed E-state index contributed by atoms with van der Waals surface area (Å²) in [5.41, 5.74) is 1.48. The van der Waals surface area contributed by atoms with Crippen LogP contribution in [0.3, 0.4) is 0 Å². The Kier molecular flexibility index (Phi) is 10.9. The summed E-state index contributed by atoms with van der Waals surface area (Å²) in [6, 6.07) is 10.1. The van der Waals surface area contributed by atoms with Gasteiger partial charge in [-0.05, 0) is 85.3 Å². The van der Waals surface area contributed by atoms with Gasteiger partial charge in [0, 0.05) is 23.7 Å². The Hall–Kier alpha value is -2.83. The minimum atomic E-state index is -4.90. The second-order valence-corrected chi connectivity index (χ2v) is 13.7. The lowest BCUT2D eigenvalue weighted by Crippen LogP contribution is -2.35. The number of carbonyl (C=O) groups is 2. The number of hydrogen-bond donors (Lipinski definition) is 3. The predicted octanol–water partition coefficient (Wildman–Crippen LogP) is 6.51. The molecule has 0 heterocycles. The van der Waals surface area contributed by atoms with Crippen LogP contribution in [0, 0.1) is 23.2 Å². The van der Waals surface area contributed by atoms with Crippen molar-refractivity contribution in [2.45, 2.75) is 59.2 Å². The Morgan fingerprint density at radius 3 is 2.19 bits per heavy atom. The normalized spacial score (nSPS) is 18.7. The van der Waals surface area contributed by atoms with Gasteiger partial charge in [0.05, 0.1) is 10.8 Å². The van der Waals surface area contributed by atoms with Crippen molar-refractivity contribution in [1.29, 1.82) is 0 Å². The summed E-state index contributed by atoms with van der Waals surface area (Å²) >= 11 is 5.98. The fraction of sp³-hybridized carbons (Fsp3) is 0.517. The highest BCUT2D eigenvalue weighted by Gasteiger charge is 2.36. The molecule has 0 saturated heterocycles. The van der Waals surface area contributed by atoms with E-state index in [1.165, 1.54) is 12.1 Å². The molecule has 2 amide bonds. The number of amides is 2. The van der Waals surface area contributed by atoms with E-state index in [1.807, 2.05) is 0 Å². The van der Waals surface area contributed by atoms with Gasteiger partial charge in [-0.25, -0.2) is 0 Å². The first kappa shape index (κ1) is 33.7. The molecule has 1 fully saturated rings. The van der Waals surface area contributed by atoms with Crippen molar-refractivity contribution in [2.75, 3.05) is 17.6 Å². The van der Waals surface area contributed by atoms with E-state index in [1.54, 1.807) is 24.3 Å². The molecule has 42 heavy (non-hydrogen) atoms. The van der Waals surface area contributed by atoms with Gasteiger partial charge in [0.15, 0.2) is 0 Å². The monoisotopic (exact) mass is 632 g/mol. The van der Waals surface area contributed by atoms with Gasteiger partial charge in [0.2, 0.25) is 5.91 Å². The van der Waals surface area contributed by atoms with Crippen LogP contribution in [0.25, 0.3) is 0 Å². The minimum Gasteiger partial charge on any atom is -0.404 e. The van der Waals surface area contributed by atoms with Crippen LogP contribution >= 0.6 is 11.6 Å². The van der Waals surface area contributed by atoms with Crippen molar-refractivity contribution >= 4 is 39.2 Å². The molecule has 1 aliphatic rings. The Labute approximate surface area is 249 Å². The summed E-state index contributed by atoms with van der Waals surface area (Å²) in [4.78, 5) is 25.9. The number of hydrogen-bond acceptors (Lipinski definition) is 5. The van der Waals surface area contributed by atoms with Gasteiger partial charge >= 0.3 is 6.36 Å². The van der Waals surface area contributed by atoms with Crippen molar-refractivity contribution in [2.24, 2.45) is 23.2 Å². The molecule has 0 bridgehead atoms. The van der Waals surface area contributed by atoms with E-state index in [2.05, 4.69) is 36.1 Å². The number of nitrogens with one attached hydrogen (secondary N) is 2. The quantitative estimate of drug-likeness (QED) is 0.257. The third-order valence-electron chi connectivity index (χ3n) is 7.64. The summed E-state index contributed by atoms with van der Waals surface area (Å²) in [6.07, 6.45) is -0.918. The lowest BCUT2D eigenvalue weighted by molar-refractivity contribution is -0.274. The third kappa shape index (κ3) is 10.5. The van der Waals surface area contributed by atoms with E-state index in [4.69, 9.17) is 16.2 Å². The first-order valence-electron chi connectivity index (χ1n) is 13.6. The average molecular weight is 633 g/mol. The smallest absolute Gasteiger partial charge is 0.404 e. The van der Waals surface area contributed by atoms with Crippen LogP contribution in [0.15, 0.2) is 42.5 Å². The molecule has 1 saturated carbocycles. The number of ether oxygens (including phenoxy) is 1. The van der Waals surface area contributed by atoms with Crippen molar-refractivity contribution in [3.05, 3.63) is 58.6 Å². The third-order valence-corrected chi connectivity index (χ3v) is 8.66. The zero-order valence-electron chi connectivity index (χ0n) is 23.6. The van der Waals surface area contributed by atoms with Gasteiger partial charge in [-0.15, -0.1) is 13.2 Å². The van der Waals surface area contributed by atoms with Crippen LogP contribution in [0.2, 0.25) is 5.02 Å². The maximum absolute atomic E-state index is 13.6. The van der Waals surface area contributed by atoms with Crippen LogP contribution < -0.4 is 15.4 Å². The fourth-order valence-corrected chi connectivity index (χ4v) is 5.90. The Morgan fingerprint density at radius 2 is 1.67 bits per heavy atom. The van der Waals surface area contributed by atoms with Gasteiger partial charge in [-0.2, -0.15) is 8.42 Å². The van der Waals surface area contributed by atoms with Gasteiger partial charge < -0.3 is 15.4 Å². The molecule has 13 heteroatoms. The van der Waals surface area contributed by atoms with Gasteiger partial charge in [-0.3, -0.25) is 14.1 Å². The fourth-order valence-electron chi connectivity index (χ4n) is 5.32. The lowest BCUT2D eigenvalue weighted by Gasteiger charge is -2.39. The van der Waals surface area contributed by atoms with Crippen molar-refractivity contribution < 1.29 is 40.5 Å². The molecule has 3 rings (SSSR count). The molecule has 2 aromatic rings. The van der Waals surface area contributed by atoms with Crippen molar-refractivity contribution in [3.8, 4) is 5.75 Å². The van der Waals surface area contributed by atoms with Crippen LogP contribution in [0.1, 0.15) is 62.4 Å². The molecule has 1 atom stereocenters. The topological polar surface area (TPSA) is 122 Å². The molecular weight excluding hydrogens is 597 g/mol. The molecular formula is C29H36ClF3N2O6S. The van der Waals surface area contributed by atoms with Gasteiger partial charge in [-0.1, -0.05) is 44.5 Å². The summed E-state index contributed by atoms with van der Waals surface area (Å²) in [7, 11) is -4.20. The Bertz CT molecular complexity index is 1350. The molecule has 0 radical (unpaired) electrons. The molecule has 232 valence electrons. The Balaban J connectivity index is 1.75. The minimum absolute atomic E-state index is 0.0651. The van der Waals surface area contributed by atoms with Crippen LogP contribution in [-0.4, -0.2) is 43.4 Å². The van der Waals surface area contributed by atoms with Gasteiger partial charge in [0.1, 0.15) is 5.75 Å². The molecule has 1 unspecified atom stereocenters. The lowest BCUT2D eigenvalue weighted by atomic mass is 9.66. The van der Waals surface area contributed by atoms with Gasteiger partial charge in [0.25, 0.3) is 16.0 Å². The number of halogens is 4. The highest BCUT2D eigenvalue weighted by Crippen LogP contribution is 2.43. The maximum Gasteiger partial charge on any atom is 0.573 e. The molecule has 2 aromatic carbocycles. The number of benzene rings is 2. The molecule has 3 N–H and O–H groups in total. The van der Waals surface area contributed by atoms with Crippen LogP contribution in [0.5, 0.6) is 5.75 Å². The highest BCUT2D eigenvalue weighted by atomic mass is 35.5. The Morgan fingerprint density at radius 1 is 1.05 bits per heavy atom. The largest absolute Gasteiger partial charge is 0.573 e. The van der Waals surface area contributed by atoms with Crippen LogP contribution in [0.4, 0.5) is 18.9 Å². The zero-order valence-corrected chi connectivity index (χ0v) is 25.2. The van der Waals surface area contributed by atoms with Crippen molar-refractivity contribution in [3.63, 3.8) is 0 Å². The van der Waals surface area contributed by atoms with E-state index in [-0.39, 0.29) is 40.1 Å². The first-order valence-corrected chi connectivity index (χ1v) is 15.6. The average Bonchev–Trinajstić information content (AvgIpc) is 2.87. The zero-order chi connectivity index (χ0) is 31.3. The van der Waals surface area contributed by atoms with E-state index >= 15 is 0 Å². The second-order valence-electron chi connectivity index (χ2n) is 11.7. The molecule has 0 spiro atoms. The van der Waals surface area contributed by atoms with Crippen LogP contribution in [-0.2, 0) is 21.3 Å². The highest BCUT2D eigenvalue weighted by molar-refractivity contribution is 7.85. The summed E-state index contributed by atoms with van der Waals surface area (Å²) in [5.74, 6) is -1.83. The molecule has 8 nitrogen and oxygen atoms in total. The molecule has 1 aliphatic carbocycles. The van der Waals surface area contributed by atoms with E-state index < -0.39 is 39.8 Å².